The Labute approximate surface area is 182 Å². The van der Waals surface area contributed by atoms with Gasteiger partial charge in [-0.3, -0.25) is 0 Å². The van der Waals surface area contributed by atoms with E-state index in [9.17, 15) is 5.11 Å². The maximum atomic E-state index is 11.3. The lowest BCUT2D eigenvalue weighted by Crippen LogP contribution is -2.34. The van der Waals surface area contributed by atoms with Gasteiger partial charge in [-0.25, -0.2) is 15.0 Å². The van der Waals surface area contributed by atoms with Crippen LogP contribution in [-0.4, -0.2) is 20.1 Å². The predicted molar refractivity (Wildman–Crippen MR) is 123 cm³/mol. The molecule has 2 N–H and O–H groups in total. The van der Waals surface area contributed by atoms with Gasteiger partial charge in [0.05, 0.1) is 4.88 Å². The van der Waals surface area contributed by atoms with Crippen molar-refractivity contribution in [1.29, 1.82) is 0 Å². The van der Waals surface area contributed by atoms with Gasteiger partial charge in [-0.15, -0.1) is 11.3 Å². The average molecular weight is 423 g/mol. The minimum atomic E-state index is -0.877. The van der Waals surface area contributed by atoms with E-state index in [2.05, 4.69) is 52.3 Å². The van der Waals surface area contributed by atoms with E-state index in [1.54, 1.807) is 17.5 Å². The van der Waals surface area contributed by atoms with E-state index in [4.69, 9.17) is 0 Å². The highest BCUT2D eigenvalue weighted by atomic mass is 32.1. The van der Waals surface area contributed by atoms with Gasteiger partial charge in [-0.1, -0.05) is 25.8 Å². The fraction of sp³-hybridized carbons (Fsp3) is 0.458. The van der Waals surface area contributed by atoms with Crippen LogP contribution in [0.5, 0.6) is 0 Å². The van der Waals surface area contributed by atoms with Crippen molar-refractivity contribution in [2.24, 2.45) is 11.8 Å². The maximum absolute atomic E-state index is 11.3. The lowest BCUT2D eigenvalue weighted by atomic mass is 9.74. The lowest BCUT2D eigenvalue weighted by molar-refractivity contribution is -0.0295. The molecule has 158 valence electrons. The van der Waals surface area contributed by atoms with Gasteiger partial charge in [0.15, 0.2) is 0 Å². The Morgan fingerprint density at radius 3 is 2.77 bits per heavy atom. The van der Waals surface area contributed by atoms with E-state index in [0.29, 0.717) is 11.9 Å². The Morgan fingerprint density at radius 2 is 2.00 bits per heavy atom. The predicted octanol–water partition coefficient (Wildman–Crippen LogP) is 5.99. The highest BCUT2D eigenvalue weighted by Crippen LogP contribution is 2.43. The van der Waals surface area contributed by atoms with E-state index in [-0.39, 0.29) is 5.92 Å². The normalized spacial score (nSPS) is 21.2. The van der Waals surface area contributed by atoms with Crippen molar-refractivity contribution in [2.45, 2.75) is 59.0 Å². The molecule has 1 aliphatic rings. The first kappa shape index (κ1) is 20.9. The summed E-state index contributed by atoms with van der Waals surface area (Å²) < 4.78 is 0. The summed E-state index contributed by atoms with van der Waals surface area (Å²) in [7, 11) is 0. The van der Waals surface area contributed by atoms with E-state index in [1.165, 1.54) is 12.8 Å². The molecule has 4 rings (SSSR count). The molecular weight excluding hydrogens is 392 g/mol. The van der Waals surface area contributed by atoms with Gasteiger partial charge in [-0.05, 0) is 74.8 Å². The molecule has 0 amide bonds. The summed E-state index contributed by atoms with van der Waals surface area (Å²) in [5, 5.41) is 15.5. The largest absolute Gasteiger partial charge is 0.383 e. The van der Waals surface area contributed by atoms with Crippen LogP contribution in [0.3, 0.4) is 0 Å². The van der Waals surface area contributed by atoms with Gasteiger partial charge in [0.1, 0.15) is 10.6 Å². The number of nitrogens with one attached hydrogen (secondary N) is 1. The Kier molecular flexibility index (Phi) is 5.89. The number of nitrogens with zero attached hydrogens (tertiary/aromatic N) is 3. The zero-order valence-corrected chi connectivity index (χ0v) is 19.0. The van der Waals surface area contributed by atoms with E-state index >= 15 is 0 Å². The molecule has 2 heterocycles. The van der Waals surface area contributed by atoms with Crippen LogP contribution < -0.4 is 5.32 Å². The van der Waals surface area contributed by atoms with Crippen LogP contribution >= 0.6 is 11.3 Å². The topological polar surface area (TPSA) is 70.9 Å². The zero-order chi connectivity index (χ0) is 21.3. The smallest absolute Gasteiger partial charge is 0.227 e. The third-order valence-corrected chi connectivity index (χ3v) is 7.36. The molecule has 1 aromatic carbocycles. The van der Waals surface area contributed by atoms with Crippen LogP contribution in [0.4, 0.5) is 11.6 Å². The Bertz CT molecular complexity index is 1030. The van der Waals surface area contributed by atoms with Crippen molar-refractivity contribution >= 4 is 23.0 Å². The van der Waals surface area contributed by atoms with Crippen LogP contribution in [-0.2, 0) is 5.60 Å². The SMILES string of the molecule is Cc1cc(Nc2nccc(C)n2)cc(-c2cnc([C@@](C)(O)[C@H]3CCC[C@@H](C)C3)s2)c1. The summed E-state index contributed by atoms with van der Waals surface area (Å²) in [6.07, 6.45) is 8.24. The fourth-order valence-corrected chi connectivity index (χ4v) is 5.42. The second-order valence-electron chi connectivity index (χ2n) is 8.88. The number of aromatic nitrogens is 3. The number of benzene rings is 1. The molecule has 0 saturated heterocycles. The Hall–Kier alpha value is -2.31. The van der Waals surface area contributed by atoms with Gasteiger partial charge < -0.3 is 10.4 Å². The number of hydrogen-bond acceptors (Lipinski definition) is 6. The second-order valence-corrected chi connectivity index (χ2v) is 9.91. The highest BCUT2D eigenvalue weighted by molar-refractivity contribution is 7.15. The standard InChI is InChI=1S/C24H30N4OS/c1-15-6-5-7-19(11-15)24(4,29)22-26-14-21(30-22)18-10-16(2)12-20(13-18)28-23-25-9-8-17(3)27-23/h8-10,12-15,19,29H,5-7,11H2,1-4H3,(H,25,27,28)/t15-,19+,24+/m1/s1. The summed E-state index contributed by atoms with van der Waals surface area (Å²) in [6.45, 7) is 8.25. The molecule has 30 heavy (non-hydrogen) atoms. The first-order valence-electron chi connectivity index (χ1n) is 10.7. The number of hydrogen-bond donors (Lipinski definition) is 2. The minimum Gasteiger partial charge on any atom is -0.383 e. The molecule has 6 heteroatoms. The lowest BCUT2D eigenvalue weighted by Gasteiger charge is -2.36. The van der Waals surface area contributed by atoms with E-state index < -0.39 is 5.60 Å². The molecule has 0 unspecified atom stereocenters. The molecule has 0 bridgehead atoms. The molecular formula is C24H30N4OS. The monoisotopic (exact) mass is 422 g/mol. The Balaban J connectivity index is 1.59. The van der Waals surface area contributed by atoms with Crippen molar-refractivity contribution in [3.05, 3.63) is 52.9 Å². The zero-order valence-electron chi connectivity index (χ0n) is 18.1. The van der Waals surface area contributed by atoms with Gasteiger partial charge in [0.25, 0.3) is 0 Å². The highest BCUT2D eigenvalue weighted by Gasteiger charge is 2.38. The van der Waals surface area contributed by atoms with Crippen LogP contribution in [0.2, 0.25) is 0 Å². The van der Waals surface area contributed by atoms with Gasteiger partial charge in [-0.2, -0.15) is 0 Å². The number of rotatable bonds is 5. The van der Waals surface area contributed by atoms with Gasteiger partial charge in [0.2, 0.25) is 5.95 Å². The number of aryl methyl sites for hydroxylation is 2. The number of thiazole rings is 1. The van der Waals surface area contributed by atoms with Crippen molar-refractivity contribution < 1.29 is 5.11 Å². The first-order chi connectivity index (χ1) is 14.3. The van der Waals surface area contributed by atoms with Crippen LogP contribution in [0.1, 0.15) is 55.8 Å². The van der Waals surface area contributed by atoms with Gasteiger partial charge >= 0.3 is 0 Å². The van der Waals surface area contributed by atoms with E-state index in [1.807, 2.05) is 26.1 Å². The Morgan fingerprint density at radius 1 is 1.17 bits per heavy atom. The molecule has 2 aromatic heterocycles. The molecule has 3 atom stereocenters. The van der Waals surface area contributed by atoms with Crippen molar-refractivity contribution in [3.63, 3.8) is 0 Å². The molecule has 0 radical (unpaired) electrons. The van der Waals surface area contributed by atoms with Crippen LogP contribution in [0.25, 0.3) is 10.4 Å². The molecule has 1 saturated carbocycles. The third-order valence-electron chi connectivity index (χ3n) is 6.08. The summed E-state index contributed by atoms with van der Waals surface area (Å²) in [4.78, 5) is 14.4. The van der Waals surface area contributed by atoms with Crippen molar-refractivity contribution in [2.75, 3.05) is 5.32 Å². The second kappa shape index (κ2) is 8.44. The van der Waals surface area contributed by atoms with E-state index in [0.717, 1.165) is 45.2 Å². The minimum absolute atomic E-state index is 0.272. The quantitative estimate of drug-likeness (QED) is 0.528. The molecule has 5 nitrogen and oxygen atoms in total. The van der Waals surface area contributed by atoms with Crippen LogP contribution in [0, 0.1) is 25.7 Å². The average Bonchev–Trinajstić information content (AvgIpc) is 3.19. The molecule has 1 aliphatic carbocycles. The maximum Gasteiger partial charge on any atom is 0.227 e. The summed E-state index contributed by atoms with van der Waals surface area (Å²) in [5.74, 6) is 1.53. The van der Waals surface area contributed by atoms with Crippen molar-refractivity contribution in [1.82, 2.24) is 15.0 Å². The summed E-state index contributed by atoms with van der Waals surface area (Å²) >= 11 is 1.59. The van der Waals surface area contributed by atoms with Crippen molar-refractivity contribution in [3.8, 4) is 10.4 Å². The number of anilines is 2. The first-order valence-corrected chi connectivity index (χ1v) is 11.5. The molecule has 0 aliphatic heterocycles. The van der Waals surface area contributed by atoms with Crippen LogP contribution in [0.15, 0.2) is 36.7 Å². The summed E-state index contributed by atoms with van der Waals surface area (Å²) in [6, 6.07) is 8.20. The molecule has 0 spiro atoms. The molecule has 3 aromatic rings. The third kappa shape index (κ3) is 4.55. The fourth-order valence-electron chi connectivity index (χ4n) is 4.40. The summed E-state index contributed by atoms with van der Waals surface area (Å²) in [5.41, 5.74) is 3.22. The van der Waals surface area contributed by atoms with Gasteiger partial charge in [0, 0.05) is 23.8 Å². The number of aliphatic hydroxyl groups is 1. The molecule has 1 fully saturated rings.